The van der Waals surface area contributed by atoms with E-state index >= 15 is 0 Å². The van der Waals surface area contributed by atoms with Gasteiger partial charge in [0.2, 0.25) is 5.85 Å². The average Bonchev–Trinajstić information content (AvgIpc) is 1.68. The molecule has 1 radical (unpaired) electrons. The third-order valence-corrected chi connectivity index (χ3v) is 1.06. The Kier molecular flexibility index (Phi) is 2.23. The Bertz CT molecular complexity index is 46.0. The van der Waals surface area contributed by atoms with Crippen LogP contribution in [0.15, 0.2) is 0 Å². The number of halogens is 1. The molecule has 0 N–H and O–H groups in total. The zero-order valence-electron chi connectivity index (χ0n) is 4.70. The van der Waals surface area contributed by atoms with Gasteiger partial charge in [0.1, 0.15) is 0 Å². The lowest BCUT2D eigenvalue weighted by molar-refractivity contribution is -0.145. The molecule has 0 unspecified atom stereocenters. The second kappa shape index (κ2) is 2.26. The topological polar surface area (TPSA) is 19.9 Å². The minimum absolute atomic E-state index is 0.0729. The van der Waals surface area contributed by atoms with Gasteiger partial charge in [-0.15, -0.1) is 0 Å². The second-order valence-electron chi connectivity index (χ2n) is 1.59. The Balaban J connectivity index is 3.36. The van der Waals surface area contributed by atoms with Crippen molar-refractivity contribution in [1.29, 1.82) is 0 Å². The lowest BCUT2D eigenvalue weighted by atomic mass is 10.2. The van der Waals surface area contributed by atoms with Crippen molar-refractivity contribution in [2.45, 2.75) is 32.5 Å². The van der Waals surface area contributed by atoms with Crippen LogP contribution in [0.4, 0.5) is 4.39 Å². The number of alkyl halides is 1. The molecule has 1 nitrogen and oxygen atoms in total. The summed E-state index contributed by atoms with van der Waals surface area (Å²) in [6.07, 6.45) is 0.146. The minimum atomic E-state index is -2.17. The fraction of sp³-hybridized carbons (Fsp3) is 1.00. The summed E-state index contributed by atoms with van der Waals surface area (Å²) in [6.45, 7) is 3.10. The van der Waals surface area contributed by atoms with Crippen LogP contribution in [0.3, 0.4) is 0 Å². The maximum Gasteiger partial charge on any atom is 0.240 e. The van der Waals surface area contributed by atoms with Crippen molar-refractivity contribution < 1.29 is 9.50 Å². The van der Waals surface area contributed by atoms with E-state index in [0.29, 0.717) is 0 Å². The van der Waals surface area contributed by atoms with Crippen molar-refractivity contribution in [3.63, 3.8) is 0 Å². The zero-order chi connectivity index (χ0) is 5.91. The first-order valence-corrected chi connectivity index (χ1v) is 2.51. The molecular weight excluding hydrogens is 95.1 g/mol. The van der Waals surface area contributed by atoms with Gasteiger partial charge in [-0.25, -0.2) is 4.39 Å². The molecule has 2 heteroatoms. The lowest BCUT2D eigenvalue weighted by Crippen LogP contribution is -2.15. The summed E-state index contributed by atoms with van der Waals surface area (Å²) in [5.74, 6) is -2.17. The third kappa shape index (κ3) is 2.57. The van der Waals surface area contributed by atoms with Crippen molar-refractivity contribution in [3.8, 4) is 0 Å². The number of hydrogen-bond acceptors (Lipinski definition) is 0. The van der Waals surface area contributed by atoms with Gasteiger partial charge in [-0.1, -0.05) is 13.8 Å². The Hall–Kier alpha value is -0.110. The van der Waals surface area contributed by atoms with Gasteiger partial charge in [0.25, 0.3) is 0 Å². The molecule has 0 aromatic carbocycles. The van der Waals surface area contributed by atoms with E-state index in [-0.39, 0.29) is 12.8 Å². The standard InChI is InChI=1S/C5H10FO/c1-3-5(6,7)4-2/h3-4H2,1-2H3. The summed E-state index contributed by atoms with van der Waals surface area (Å²) in [5.41, 5.74) is 0. The normalized spacial score (nSPS) is 12.0. The largest absolute Gasteiger partial charge is 0.240 e. The molecule has 0 bridgehead atoms. The predicted molar refractivity (Wildman–Crippen MR) is 25.1 cm³/mol. The number of rotatable bonds is 2. The first-order chi connectivity index (χ1) is 3.12. The highest BCUT2D eigenvalue weighted by molar-refractivity contribution is 4.56. The molecule has 0 saturated carbocycles. The van der Waals surface area contributed by atoms with E-state index in [9.17, 15) is 9.50 Å². The Morgan fingerprint density at radius 2 is 1.71 bits per heavy atom. The van der Waals surface area contributed by atoms with Crippen molar-refractivity contribution in [3.05, 3.63) is 0 Å². The van der Waals surface area contributed by atoms with Crippen LogP contribution in [0.25, 0.3) is 0 Å². The molecule has 0 aliphatic heterocycles. The van der Waals surface area contributed by atoms with Gasteiger partial charge < -0.3 is 0 Å². The van der Waals surface area contributed by atoms with Crippen LogP contribution >= 0.6 is 0 Å². The van der Waals surface area contributed by atoms with Crippen molar-refractivity contribution in [2.75, 3.05) is 0 Å². The van der Waals surface area contributed by atoms with E-state index in [4.69, 9.17) is 0 Å². The predicted octanol–water partition coefficient (Wildman–Crippen LogP) is 1.90. The minimum Gasteiger partial charge on any atom is -0.209 e. The molecule has 0 aromatic rings. The van der Waals surface area contributed by atoms with Gasteiger partial charge in [0.15, 0.2) is 0 Å². The molecular formula is C5H10FO. The molecule has 0 aliphatic carbocycles. The highest BCUT2D eigenvalue weighted by atomic mass is 19.2. The fourth-order valence-corrected chi connectivity index (χ4v) is 0.250. The summed E-state index contributed by atoms with van der Waals surface area (Å²) in [6, 6.07) is 0. The highest BCUT2D eigenvalue weighted by Crippen LogP contribution is 2.15. The van der Waals surface area contributed by atoms with E-state index < -0.39 is 5.85 Å². The second-order valence-corrected chi connectivity index (χ2v) is 1.59. The Morgan fingerprint density at radius 1 is 1.43 bits per heavy atom. The smallest absolute Gasteiger partial charge is 0.209 e. The molecule has 43 valence electrons. The SMILES string of the molecule is CCC([O])(F)CC. The number of hydrogen-bond donors (Lipinski definition) is 0. The van der Waals surface area contributed by atoms with Crippen molar-refractivity contribution in [2.24, 2.45) is 0 Å². The molecule has 0 atom stereocenters. The van der Waals surface area contributed by atoms with Gasteiger partial charge in [-0.3, -0.25) is 0 Å². The van der Waals surface area contributed by atoms with Crippen LogP contribution in [0.1, 0.15) is 26.7 Å². The van der Waals surface area contributed by atoms with Crippen LogP contribution in [0.5, 0.6) is 0 Å². The van der Waals surface area contributed by atoms with Gasteiger partial charge in [0, 0.05) is 12.8 Å². The molecule has 0 rings (SSSR count). The van der Waals surface area contributed by atoms with E-state index in [1.54, 1.807) is 13.8 Å². The molecule has 0 heterocycles. The molecule has 7 heavy (non-hydrogen) atoms. The molecule has 0 saturated heterocycles. The van der Waals surface area contributed by atoms with Crippen LogP contribution in [0.2, 0.25) is 0 Å². The summed E-state index contributed by atoms with van der Waals surface area (Å²) in [4.78, 5) is 0. The monoisotopic (exact) mass is 105 g/mol. The maximum atomic E-state index is 12.0. The first kappa shape index (κ1) is 6.89. The summed E-state index contributed by atoms with van der Waals surface area (Å²) >= 11 is 0. The third-order valence-electron chi connectivity index (χ3n) is 1.06. The Morgan fingerprint density at radius 3 is 1.71 bits per heavy atom. The Labute approximate surface area is 43.2 Å². The summed E-state index contributed by atoms with van der Waals surface area (Å²) in [7, 11) is 0. The summed E-state index contributed by atoms with van der Waals surface area (Å²) < 4.78 is 12.0. The van der Waals surface area contributed by atoms with Gasteiger partial charge in [-0.05, 0) is 0 Å². The van der Waals surface area contributed by atoms with Crippen LogP contribution in [0, 0.1) is 0 Å². The zero-order valence-corrected chi connectivity index (χ0v) is 4.70. The fourth-order valence-electron chi connectivity index (χ4n) is 0.250. The summed E-state index contributed by atoms with van der Waals surface area (Å²) in [5, 5.41) is 10.2. The quantitative estimate of drug-likeness (QED) is 0.511. The molecule has 0 aromatic heterocycles. The van der Waals surface area contributed by atoms with Crippen LogP contribution < -0.4 is 0 Å². The highest BCUT2D eigenvalue weighted by Gasteiger charge is 2.21. The van der Waals surface area contributed by atoms with E-state index in [1.165, 1.54) is 0 Å². The van der Waals surface area contributed by atoms with E-state index in [2.05, 4.69) is 0 Å². The molecule has 0 fully saturated rings. The van der Waals surface area contributed by atoms with Crippen molar-refractivity contribution >= 4 is 0 Å². The van der Waals surface area contributed by atoms with Crippen molar-refractivity contribution in [1.82, 2.24) is 0 Å². The molecule has 0 aliphatic rings. The first-order valence-electron chi connectivity index (χ1n) is 2.51. The van der Waals surface area contributed by atoms with Gasteiger partial charge in [0.05, 0.1) is 0 Å². The maximum absolute atomic E-state index is 12.0. The van der Waals surface area contributed by atoms with E-state index in [1.807, 2.05) is 0 Å². The molecule has 0 amide bonds. The van der Waals surface area contributed by atoms with E-state index in [0.717, 1.165) is 0 Å². The van der Waals surface area contributed by atoms with Crippen LogP contribution in [-0.4, -0.2) is 5.85 Å². The lowest BCUT2D eigenvalue weighted by Gasteiger charge is -2.08. The van der Waals surface area contributed by atoms with Crippen LogP contribution in [-0.2, 0) is 5.11 Å². The average molecular weight is 105 g/mol. The van der Waals surface area contributed by atoms with Gasteiger partial charge in [-0.2, -0.15) is 5.11 Å². The molecule has 0 spiro atoms. The van der Waals surface area contributed by atoms with Gasteiger partial charge >= 0.3 is 0 Å².